The van der Waals surface area contributed by atoms with Crippen LogP contribution in [0.3, 0.4) is 0 Å². The van der Waals surface area contributed by atoms with Gasteiger partial charge in [0.2, 0.25) is 0 Å². The molecular weight excluding hydrogens is 261 g/mol. The van der Waals surface area contributed by atoms with E-state index < -0.39 is 0 Å². The standard InChI is InChI=1S/C11H14BrN.ClH/c1-8-6-9(12)2-3-10(8)11(7-13)4-5-11;/h2-3,6H,4-5,7,13H2,1H3;1H. The normalized spacial score (nSPS) is 17.4. The molecule has 0 amide bonds. The van der Waals surface area contributed by atoms with Gasteiger partial charge in [-0.2, -0.15) is 0 Å². The quantitative estimate of drug-likeness (QED) is 0.882. The summed E-state index contributed by atoms with van der Waals surface area (Å²) in [5.74, 6) is 0. The molecule has 1 fully saturated rings. The van der Waals surface area contributed by atoms with Crippen molar-refractivity contribution in [2.75, 3.05) is 6.54 Å². The maximum Gasteiger partial charge on any atom is 0.0178 e. The fraction of sp³-hybridized carbons (Fsp3) is 0.455. The topological polar surface area (TPSA) is 26.0 Å². The Morgan fingerprint density at radius 3 is 2.50 bits per heavy atom. The number of rotatable bonds is 2. The monoisotopic (exact) mass is 275 g/mol. The maximum absolute atomic E-state index is 5.80. The Balaban J connectivity index is 0.000000980. The smallest absolute Gasteiger partial charge is 0.0178 e. The van der Waals surface area contributed by atoms with Gasteiger partial charge in [0.1, 0.15) is 0 Å². The summed E-state index contributed by atoms with van der Waals surface area (Å²) in [5, 5.41) is 0. The van der Waals surface area contributed by atoms with Crippen molar-refractivity contribution in [2.45, 2.75) is 25.2 Å². The van der Waals surface area contributed by atoms with E-state index in [9.17, 15) is 0 Å². The highest BCUT2D eigenvalue weighted by molar-refractivity contribution is 9.10. The van der Waals surface area contributed by atoms with Crippen LogP contribution in [0.4, 0.5) is 0 Å². The van der Waals surface area contributed by atoms with Crippen LogP contribution in [0.5, 0.6) is 0 Å². The van der Waals surface area contributed by atoms with Crippen molar-refractivity contribution in [3.05, 3.63) is 33.8 Å². The fourth-order valence-electron chi connectivity index (χ4n) is 1.96. The third-order valence-electron chi connectivity index (χ3n) is 3.00. The van der Waals surface area contributed by atoms with Gasteiger partial charge >= 0.3 is 0 Å². The Kier molecular flexibility index (Phi) is 3.62. The predicted octanol–water partition coefficient (Wildman–Crippen LogP) is 3.17. The van der Waals surface area contributed by atoms with Crippen LogP contribution in [0, 0.1) is 6.92 Å². The van der Waals surface area contributed by atoms with E-state index in [0.29, 0.717) is 5.41 Å². The summed E-state index contributed by atoms with van der Waals surface area (Å²) in [5.41, 5.74) is 8.92. The van der Waals surface area contributed by atoms with Gasteiger partial charge in [-0.3, -0.25) is 0 Å². The van der Waals surface area contributed by atoms with Gasteiger partial charge in [0, 0.05) is 16.4 Å². The molecule has 1 aromatic carbocycles. The molecule has 0 unspecified atom stereocenters. The highest BCUT2D eigenvalue weighted by Gasteiger charge is 2.43. The summed E-state index contributed by atoms with van der Waals surface area (Å²) in [7, 11) is 0. The molecule has 0 aliphatic heterocycles. The Hall–Kier alpha value is -0.0500. The lowest BCUT2D eigenvalue weighted by Gasteiger charge is -2.15. The summed E-state index contributed by atoms with van der Waals surface area (Å²) in [6.07, 6.45) is 2.51. The molecule has 1 aliphatic rings. The van der Waals surface area contributed by atoms with Crippen LogP contribution in [0.1, 0.15) is 24.0 Å². The summed E-state index contributed by atoms with van der Waals surface area (Å²) >= 11 is 3.47. The van der Waals surface area contributed by atoms with Crippen molar-refractivity contribution in [2.24, 2.45) is 5.73 Å². The summed E-state index contributed by atoms with van der Waals surface area (Å²) in [4.78, 5) is 0. The van der Waals surface area contributed by atoms with Crippen LogP contribution in [-0.2, 0) is 5.41 Å². The Labute approximate surface area is 99.6 Å². The van der Waals surface area contributed by atoms with E-state index in [1.165, 1.54) is 24.0 Å². The van der Waals surface area contributed by atoms with Gasteiger partial charge in [0.25, 0.3) is 0 Å². The maximum atomic E-state index is 5.80. The molecule has 2 rings (SSSR count). The van der Waals surface area contributed by atoms with Gasteiger partial charge in [-0.1, -0.05) is 22.0 Å². The molecule has 0 atom stereocenters. The van der Waals surface area contributed by atoms with Crippen LogP contribution in [0.25, 0.3) is 0 Å². The van der Waals surface area contributed by atoms with E-state index >= 15 is 0 Å². The molecule has 2 N–H and O–H groups in total. The third kappa shape index (κ3) is 1.97. The van der Waals surface area contributed by atoms with E-state index in [-0.39, 0.29) is 12.4 Å². The zero-order valence-corrected chi connectivity index (χ0v) is 10.6. The molecule has 1 aliphatic carbocycles. The van der Waals surface area contributed by atoms with E-state index in [1.54, 1.807) is 0 Å². The van der Waals surface area contributed by atoms with Crippen molar-refractivity contribution in [1.82, 2.24) is 0 Å². The summed E-state index contributed by atoms with van der Waals surface area (Å²) in [6.45, 7) is 2.95. The lowest BCUT2D eigenvalue weighted by Crippen LogP contribution is -2.20. The first-order valence-corrected chi connectivity index (χ1v) is 5.44. The van der Waals surface area contributed by atoms with Crippen LogP contribution < -0.4 is 5.73 Å². The van der Waals surface area contributed by atoms with Crippen molar-refractivity contribution >= 4 is 28.3 Å². The highest BCUT2D eigenvalue weighted by atomic mass is 79.9. The summed E-state index contributed by atoms with van der Waals surface area (Å²) < 4.78 is 1.15. The van der Waals surface area contributed by atoms with Gasteiger partial charge in [-0.05, 0) is 43.0 Å². The number of hydrogen-bond acceptors (Lipinski definition) is 1. The second-order valence-corrected chi connectivity index (χ2v) is 4.86. The SMILES string of the molecule is Cc1cc(Br)ccc1C1(CN)CC1.Cl. The van der Waals surface area contributed by atoms with Crippen molar-refractivity contribution in [3.8, 4) is 0 Å². The third-order valence-corrected chi connectivity index (χ3v) is 3.50. The van der Waals surface area contributed by atoms with Gasteiger partial charge in [0.05, 0.1) is 0 Å². The van der Waals surface area contributed by atoms with E-state index in [0.717, 1.165) is 11.0 Å². The average molecular weight is 277 g/mol. The predicted molar refractivity (Wildman–Crippen MR) is 66.1 cm³/mol. The molecule has 1 nitrogen and oxygen atoms in total. The van der Waals surface area contributed by atoms with Crippen LogP contribution in [0.15, 0.2) is 22.7 Å². The first kappa shape index (κ1) is 12.0. The molecule has 1 aromatic rings. The van der Waals surface area contributed by atoms with Crippen LogP contribution in [-0.4, -0.2) is 6.54 Å². The second kappa shape index (κ2) is 4.21. The summed E-state index contributed by atoms with van der Waals surface area (Å²) in [6, 6.07) is 6.49. The largest absolute Gasteiger partial charge is 0.330 e. The lowest BCUT2D eigenvalue weighted by molar-refractivity contribution is 0.699. The van der Waals surface area contributed by atoms with Crippen LogP contribution in [0.2, 0.25) is 0 Å². The van der Waals surface area contributed by atoms with Crippen molar-refractivity contribution in [1.29, 1.82) is 0 Å². The van der Waals surface area contributed by atoms with E-state index in [4.69, 9.17) is 5.73 Å². The number of hydrogen-bond donors (Lipinski definition) is 1. The molecule has 78 valence electrons. The van der Waals surface area contributed by atoms with Gasteiger partial charge in [0.15, 0.2) is 0 Å². The minimum Gasteiger partial charge on any atom is -0.330 e. The van der Waals surface area contributed by atoms with Gasteiger partial charge < -0.3 is 5.73 Å². The number of benzene rings is 1. The van der Waals surface area contributed by atoms with Gasteiger partial charge in [-0.15, -0.1) is 12.4 Å². The second-order valence-electron chi connectivity index (χ2n) is 3.94. The number of halogens is 2. The molecule has 0 heterocycles. The molecule has 0 saturated heterocycles. The molecule has 0 bridgehead atoms. The van der Waals surface area contributed by atoms with Gasteiger partial charge in [-0.25, -0.2) is 0 Å². The first-order valence-electron chi connectivity index (χ1n) is 4.65. The average Bonchev–Trinajstić information content (AvgIpc) is 2.85. The fourth-order valence-corrected chi connectivity index (χ4v) is 2.43. The minimum absolute atomic E-state index is 0. The first-order chi connectivity index (χ1) is 6.18. The van der Waals surface area contributed by atoms with E-state index in [1.807, 2.05) is 0 Å². The molecule has 1 saturated carbocycles. The zero-order chi connectivity index (χ0) is 9.47. The van der Waals surface area contributed by atoms with Crippen molar-refractivity contribution < 1.29 is 0 Å². The highest BCUT2D eigenvalue weighted by Crippen LogP contribution is 2.48. The van der Waals surface area contributed by atoms with Crippen LogP contribution >= 0.6 is 28.3 Å². The van der Waals surface area contributed by atoms with E-state index in [2.05, 4.69) is 41.1 Å². The Bertz CT molecular complexity index is 334. The Morgan fingerprint density at radius 2 is 2.07 bits per heavy atom. The lowest BCUT2D eigenvalue weighted by atomic mass is 9.92. The molecule has 14 heavy (non-hydrogen) atoms. The number of aryl methyl sites for hydroxylation is 1. The molecular formula is C11H15BrClN. The molecule has 0 radical (unpaired) electrons. The van der Waals surface area contributed by atoms with Crippen molar-refractivity contribution in [3.63, 3.8) is 0 Å². The minimum atomic E-state index is 0. The molecule has 0 aromatic heterocycles. The number of nitrogens with two attached hydrogens (primary N) is 1. The molecule has 3 heteroatoms. The molecule has 0 spiro atoms. The Morgan fingerprint density at radius 1 is 1.43 bits per heavy atom. The zero-order valence-electron chi connectivity index (χ0n) is 8.22.